The Balaban J connectivity index is 1.89. The van der Waals surface area contributed by atoms with Gasteiger partial charge in [-0.3, -0.25) is 9.78 Å². The lowest BCUT2D eigenvalue weighted by Gasteiger charge is -2.09. The zero-order valence-corrected chi connectivity index (χ0v) is 16.8. The number of hydrogen-bond donors (Lipinski definition) is 2. The fourth-order valence-electron chi connectivity index (χ4n) is 2.97. The second-order valence-electron chi connectivity index (χ2n) is 6.53. The van der Waals surface area contributed by atoms with Crippen molar-refractivity contribution in [2.45, 2.75) is 0 Å². The van der Waals surface area contributed by atoms with Crippen LogP contribution in [0.25, 0.3) is 11.0 Å². The van der Waals surface area contributed by atoms with Crippen molar-refractivity contribution in [1.82, 2.24) is 4.98 Å². The number of phenols is 1. The number of carbonyl (C=O) groups excluding carboxylic acids is 1. The molecule has 0 atom stereocenters. The number of carbonyl (C=O) groups is 1. The van der Waals surface area contributed by atoms with Gasteiger partial charge in [-0.15, -0.1) is 0 Å². The molecule has 1 amide bonds. The number of benzene rings is 2. The van der Waals surface area contributed by atoms with E-state index in [9.17, 15) is 9.90 Å². The van der Waals surface area contributed by atoms with E-state index < -0.39 is 5.91 Å². The number of nitrogens with zero attached hydrogens (tertiary/aromatic N) is 2. The number of ether oxygens (including phenoxy) is 2. The molecule has 4 aromatic rings. The Morgan fingerprint density at radius 1 is 1.03 bits per heavy atom. The van der Waals surface area contributed by atoms with Crippen LogP contribution in [0.3, 0.4) is 0 Å². The normalized spacial score (nSPS) is 11.4. The van der Waals surface area contributed by atoms with Crippen LogP contribution in [-0.2, 0) is 0 Å². The van der Waals surface area contributed by atoms with Gasteiger partial charge in [-0.25, -0.2) is 4.99 Å². The van der Waals surface area contributed by atoms with Crippen molar-refractivity contribution < 1.29 is 23.8 Å². The van der Waals surface area contributed by atoms with Crippen LogP contribution in [0, 0.1) is 0 Å². The van der Waals surface area contributed by atoms with E-state index in [0.717, 1.165) is 0 Å². The molecule has 0 spiro atoms. The van der Waals surface area contributed by atoms with Crippen molar-refractivity contribution >= 4 is 28.3 Å². The van der Waals surface area contributed by atoms with Crippen molar-refractivity contribution in [2.75, 3.05) is 19.5 Å². The van der Waals surface area contributed by atoms with Gasteiger partial charge in [-0.2, -0.15) is 0 Å². The maximum Gasteiger partial charge on any atom is 0.261 e. The minimum Gasteiger partial charge on any atom is -0.508 e. The summed E-state index contributed by atoms with van der Waals surface area (Å²) in [5.41, 5.74) is 1.69. The minimum absolute atomic E-state index is 0.0400. The zero-order valence-electron chi connectivity index (χ0n) is 16.8. The molecule has 8 heteroatoms. The van der Waals surface area contributed by atoms with Crippen molar-refractivity contribution in [1.29, 1.82) is 0 Å². The summed E-state index contributed by atoms with van der Waals surface area (Å²) in [7, 11) is 3.07. The zero-order chi connectivity index (χ0) is 21.8. The minimum atomic E-state index is -0.406. The first kappa shape index (κ1) is 20.0. The lowest BCUT2D eigenvalue weighted by Crippen LogP contribution is -2.21. The Bertz CT molecular complexity index is 1320. The quantitative estimate of drug-likeness (QED) is 0.508. The highest BCUT2D eigenvalue weighted by Crippen LogP contribution is 2.31. The van der Waals surface area contributed by atoms with Gasteiger partial charge in [0.1, 0.15) is 34.1 Å². The number of aromatic hydroxyl groups is 1. The number of phenolic OH excluding ortho intramolecular Hbond substituents is 1. The molecule has 0 fully saturated rings. The van der Waals surface area contributed by atoms with Crippen molar-refractivity contribution in [3.63, 3.8) is 0 Å². The van der Waals surface area contributed by atoms with E-state index in [1.165, 1.54) is 19.2 Å². The fraction of sp³-hybridized carbons (Fsp3) is 0.0870. The van der Waals surface area contributed by atoms with E-state index in [-0.39, 0.29) is 16.9 Å². The van der Waals surface area contributed by atoms with Gasteiger partial charge in [0, 0.05) is 35.6 Å². The van der Waals surface area contributed by atoms with Crippen LogP contribution in [0.2, 0.25) is 0 Å². The van der Waals surface area contributed by atoms with Crippen LogP contribution in [0.4, 0.5) is 11.4 Å². The highest BCUT2D eigenvalue weighted by atomic mass is 16.5. The predicted octanol–water partition coefficient (Wildman–Crippen LogP) is 4.04. The van der Waals surface area contributed by atoms with Gasteiger partial charge >= 0.3 is 0 Å². The van der Waals surface area contributed by atoms with Gasteiger partial charge in [0.25, 0.3) is 5.91 Å². The summed E-state index contributed by atoms with van der Waals surface area (Å²) in [6.45, 7) is 0. The smallest absolute Gasteiger partial charge is 0.261 e. The summed E-state index contributed by atoms with van der Waals surface area (Å²) in [5.74, 6) is 0.687. The highest BCUT2D eigenvalue weighted by molar-refractivity contribution is 6.05. The molecule has 0 unspecified atom stereocenters. The van der Waals surface area contributed by atoms with Crippen LogP contribution in [-0.4, -0.2) is 30.2 Å². The lowest BCUT2D eigenvalue weighted by atomic mass is 10.1. The van der Waals surface area contributed by atoms with Gasteiger partial charge in [0.15, 0.2) is 0 Å². The van der Waals surface area contributed by atoms with Crippen LogP contribution in [0.15, 0.2) is 76.4 Å². The van der Waals surface area contributed by atoms with Gasteiger partial charge in [0.2, 0.25) is 5.55 Å². The lowest BCUT2D eigenvalue weighted by molar-refractivity contribution is 0.102. The fourth-order valence-corrected chi connectivity index (χ4v) is 2.97. The van der Waals surface area contributed by atoms with Gasteiger partial charge in [0.05, 0.1) is 14.2 Å². The first-order valence-corrected chi connectivity index (χ1v) is 9.32. The topological polar surface area (TPSA) is 106 Å². The molecule has 0 bridgehead atoms. The Morgan fingerprint density at radius 2 is 1.84 bits per heavy atom. The standard InChI is InChI=1S/C23H19N3O5/c1-29-17-5-6-19(21(13-17)30-2)26-23-18(22(28)25-15-7-9-24-10-8-15)11-14-3-4-16(27)12-20(14)31-23/h3-13,27H,1-2H3,(H,24,25,28). The van der Waals surface area contributed by atoms with E-state index in [2.05, 4.69) is 15.3 Å². The third kappa shape index (κ3) is 4.32. The third-order valence-electron chi connectivity index (χ3n) is 4.53. The molecule has 31 heavy (non-hydrogen) atoms. The van der Waals surface area contributed by atoms with E-state index in [4.69, 9.17) is 13.9 Å². The summed E-state index contributed by atoms with van der Waals surface area (Å²) < 4.78 is 16.5. The molecule has 0 aliphatic rings. The van der Waals surface area contributed by atoms with Gasteiger partial charge in [-0.1, -0.05) is 0 Å². The average Bonchev–Trinajstić information content (AvgIpc) is 2.79. The molecule has 2 aromatic carbocycles. The molecule has 8 nitrogen and oxygen atoms in total. The predicted molar refractivity (Wildman–Crippen MR) is 115 cm³/mol. The number of amides is 1. The third-order valence-corrected chi connectivity index (χ3v) is 4.53. The first-order chi connectivity index (χ1) is 15.1. The molecule has 0 saturated heterocycles. The Kier molecular flexibility index (Phi) is 5.53. The molecule has 2 heterocycles. The molecule has 2 aromatic heterocycles. The molecule has 0 aliphatic carbocycles. The Hall–Kier alpha value is -4.33. The number of hydrogen-bond acceptors (Lipinski definition) is 7. The maximum absolute atomic E-state index is 13.0. The molecular formula is C23H19N3O5. The van der Waals surface area contributed by atoms with Gasteiger partial charge in [-0.05, 0) is 42.5 Å². The summed E-state index contributed by atoms with van der Waals surface area (Å²) in [4.78, 5) is 21.5. The highest BCUT2D eigenvalue weighted by Gasteiger charge is 2.15. The van der Waals surface area contributed by atoms with Crippen LogP contribution in [0.1, 0.15) is 10.4 Å². The molecular weight excluding hydrogens is 398 g/mol. The van der Waals surface area contributed by atoms with E-state index >= 15 is 0 Å². The van der Waals surface area contributed by atoms with Crippen molar-refractivity contribution in [3.8, 4) is 17.2 Å². The van der Waals surface area contributed by atoms with Crippen LogP contribution < -0.4 is 20.3 Å². The van der Waals surface area contributed by atoms with Crippen molar-refractivity contribution in [2.24, 2.45) is 4.99 Å². The number of methoxy groups -OCH3 is 2. The maximum atomic E-state index is 13.0. The number of nitrogens with one attached hydrogen (secondary N) is 1. The monoisotopic (exact) mass is 417 g/mol. The first-order valence-electron chi connectivity index (χ1n) is 9.32. The Morgan fingerprint density at radius 3 is 2.58 bits per heavy atom. The molecule has 156 valence electrons. The number of pyridine rings is 1. The summed E-state index contributed by atoms with van der Waals surface area (Å²) in [5, 5.41) is 13.3. The molecule has 0 saturated carbocycles. The van der Waals surface area contributed by atoms with Crippen LogP contribution in [0.5, 0.6) is 17.2 Å². The number of rotatable bonds is 5. The second-order valence-corrected chi connectivity index (χ2v) is 6.53. The van der Waals surface area contributed by atoms with E-state index in [0.29, 0.717) is 33.8 Å². The largest absolute Gasteiger partial charge is 0.508 e. The number of aromatic nitrogens is 1. The molecule has 0 aliphatic heterocycles. The number of fused-ring (bicyclic) bond motifs is 1. The summed E-state index contributed by atoms with van der Waals surface area (Å²) >= 11 is 0. The average molecular weight is 417 g/mol. The van der Waals surface area contributed by atoms with E-state index in [1.807, 2.05) is 0 Å². The summed E-state index contributed by atoms with van der Waals surface area (Å²) in [6, 6.07) is 14.8. The van der Waals surface area contributed by atoms with Crippen LogP contribution >= 0.6 is 0 Å². The molecule has 2 N–H and O–H groups in total. The Labute approximate surface area is 177 Å². The van der Waals surface area contributed by atoms with E-state index in [1.54, 1.807) is 62.0 Å². The molecule has 0 radical (unpaired) electrons. The second kappa shape index (κ2) is 8.58. The molecule has 4 rings (SSSR count). The summed E-state index contributed by atoms with van der Waals surface area (Å²) in [6.07, 6.45) is 3.16. The van der Waals surface area contributed by atoms with Crippen molar-refractivity contribution in [3.05, 3.63) is 78.1 Å². The SMILES string of the molecule is COc1ccc(N=c2oc3cc(O)ccc3cc2C(=O)Nc2ccncc2)c(OC)c1. The van der Waals surface area contributed by atoms with Gasteiger partial charge < -0.3 is 24.3 Å². The number of anilines is 1.